The zero-order valence-corrected chi connectivity index (χ0v) is 13.4. The van der Waals surface area contributed by atoms with E-state index in [9.17, 15) is 13.2 Å². The second-order valence-electron chi connectivity index (χ2n) is 5.53. The largest absolute Gasteiger partial charge is 0.465 e. The molecule has 7 heteroatoms. The Hall–Kier alpha value is -1.44. The molecule has 3 N–H and O–H groups in total. The molecule has 0 heterocycles. The predicted octanol–water partition coefficient (Wildman–Crippen LogP) is 1.27. The predicted molar refractivity (Wildman–Crippen MR) is 82.9 cm³/mol. The van der Waals surface area contributed by atoms with Gasteiger partial charge in [-0.15, -0.1) is 0 Å². The van der Waals surface area contributed by atoms with Crippen LogP contribution < -0.4 is 10.5 Å². The van der Waals surface area contributed by atoms with Crippen LogP contribution in [0.25, 0.3) is 0 Å². The molecule has 2 rings (SSSR count). The van der Waals surface area contributed by atoms with Crippen LogP contribution in [0.3, 0.4) is 0 Å². The van der Waals surface area contributed by atoms with Crippen molar-refractivity contribution >= 4 is 16.0 Å². The van der Waals surface area contributed by atoms with Crippen LogP contribution in [-0.4, -0.2) is 34.1 Å². The van der Waals surface area contributed by atoms with Crippen LogP contribution in [0.2, 0.25) is 0 Å². The molecular formula is C15H22N2O4S. The molecule has 1 fully saturated rings. The number of nitrogens with two attached hydrogens (primary N) is 1. The van der Waals surface area contributed by atoms with Crippen molar-refractivity contribution < 1.29 is 17.9 Å². The van der Waals surface area contributed by atoms with Gasteiger partial charge in [0.15, 0.2) is 0 Å². The van der Waals surface area contributed by atoms with Gasteiger partial charge in [-0.25, -0.2) is 17.9 Å². The normalized spacial score (nSPS) is 17.4. The molecule has 0 saturated heterocycles. The third-order valence-corrected chi connectivity index (χ3v) is 5.58. The highest BCUT2D eigenvalue weighted by Gasteiger charge is 2.28. The third-order valence-electron chi connectivity index (χ3n) is 4.09. The zero-order valence-electron chi connectivity index (χ0n) is 12.6. The van der Waals surface area contributed by atoms with Crippen molar-refractivity contribution in [2.75, 3.05) is 13.7 Å². The minimum Gasteiger partial charge on any atom is -0.465 e. The number of ether oxygens (including phenoxy) is 1. The van der Waals surface area contributed by atoms with Crippen molar-refractivity contribution in [3.05, 3.63) is 29.8 Å². The van der Waals surface area contributed by atoms with Crippen molar-refractivity contribution in [2.45, 2.75) is 36.6 Å². The number of rotatable bonds is 6. The average Bonchev–Trinajstić information content (AvgIpc) is 3.06. The first-order valence-electron chi connectivity index (χ1n) is 7.38. The van der Waals surface area contributed by atoms with Crippen molar-refractivity contribution in [3.63, 3.8) is 0 Å². The van der Waals surface area contributed by atoms with Crippen molar-refractivity contribution in [1.82, 2.24) is 4.72 Å². The zero-order chi connectivity index (χ0) is 16.2. The van der Waals surface area contributed by atoms with Gasteiger partial charge in [-0.2, -0.15) is 0 Å². The first-order valence-corrected chi connectivity index (χ1v) is 8.87. The lowest BCUT2D eigenvalue weighted by Gasteiger charge is -2.23. The van der Waals surface area contributed by atoms with E-state index in [4.69, 9.17) is 5.73 Å². The minimum atomic E-state index is -3.71. The number of esters is 1. The standard InChI is InChI=1S/C15H22N2O4S/c1-21-15(18)12-7-4-8-13(9-12)22(19,20)17-14(10-16)11-5-2-3-6-11/h4,7-9,11,14,17H,2-3,5-6,10,16H2,1H3. The highest BCUT2D eigenvalue weighted by Crippen LogP contribution is 2.28. The average molecular weight is 326 g/mol. The molecule has 22 heavy (non-hydrogen) atoms. The summed E-state index contributed by atoms with van der Waals surface area (Å²) in [4.78, 5) is 11.6. The number of hydrogen-bond donors (Lipinski definition) is 2. The Bertz CT molecular complexity index is 624. The molecule has 1 aliphatic carbocycles. The molecule has 1 aromatic carbocycles. The summed E-state index contributed by atoms with van der Waals surface area (Å²) in [5.41, 5.74) is 5.94. The van der Waals surface area contributed by atoms with Crippen LogP contribution >= 0.6 is 0 Å². The van der Waals surface area contributed by atoms with E-state index in [1.54, 1.807) is 0 Å². The van der Waals surface area contributed by atoms with E-state index in [1.165, 1.54) is 31.4 Å². The summed E-state index contributed by atoms with van der Waals surface area (Å²) in [5.74, 6) is -0.285. The lowest BCUT2D eigenvalue weighted by Crippen LogP contribution is -2.44. The molecule has 1 atom stereocenters. The molecule has 1 unspecified atom stereocenters. The van der Waals surface area contributed by atoms with Gasteiger partial charge in [-0.1, -0.05) is 18.9 Å². The van der Waals surface area contributed by atoms with Crippen LogP contribution in [0.15, 0.2) is 29.2 Å². The Morgan fingerprint density at radius 2 is 2.09 bits per heavy atom. The molecular weight excluding hydrogens is 304 g/mol. The highest BCUT2D eigenvalue weighted by atomic mass is 32.2. The molecule has 1 saturated carbocycles. The fourth-order valence-corrected chi connectivity index (χ4v) is 4.24. The van der Waals surface area contributed by atoms with Gasteiger partial charge in [0, 0.05) is 12.6 Å². The topological polar surface area (TPSA) is 98.5 Å². The van der Waals surface area contributed by atoms with Crippen molar-refractivity contribution in [3.8, 4) is 0 Å². The SMILES string of the molecule is COC(=O)c1cccc(S(=O)(=O)NC(CN)C2CCCC2)c1. The van der Waals surface area contributed by atoms with E-state index in [0.717, 1.165) is 25.7 Å². The molecule has 0 amide bonds. The number of nitrogens with one attached hydrogen (secondary N) is 1. The Kier molecular flexibility index (Phi) is 5.55. The molecule has 1 aromatic rings. The van der Waals surface area contributed by atoms with Crippen molar-refractivity contribution in [1.29, 1.82) is 0 Å². The summed E-state index contributed by atoms with van der Waals surface area (Å²) in [6, 6.07) is 5.54. The second-order valence-corrected chi connectivity index (χ2v) is 7.24. The Morgan fingerprint density at radius 1 is 1.41 bits per heavy atom. The summed E-state index contributed by atoms with van der Waals surface area (Å²) in [6.45, 7) is 0.264. The molecule has 0 aliphatic heterocycles. The number of sulfonamides is 1. The van der Waals surface area contributed by atoms with Crippen LogP contribution in [0.4, 0.5) is 0 Å². The molecule has 0 spiro atoms. The maximum Gasteiger partial charge on any atom is 0.337 e. The number of benzene rings is 1. The van der Waals surface area contributed by atoms with Crippen LogP contribution in [-0.2, 0) is 14.8 Å². The van der Waals surface area contributed by atoms with E-state index in [2.05, 4.69) is 9.46 Å². The quantitative estimate of drug-likeness (QED) is 0.767. The van der Waals surface area contributed by atoms with Gasteiger partial charge in [0.2, 0.25) is 10.0 Å². The van der Waals surface area contributed by atoms with Crippen molar-refractivity contribution in [2.24, 2.45) is 11.7 Å². The lowest BCUT2D eigenvalue weighted by molar-refractivity contribution is 0.0600. The minimum absolute atomic E-state index is 0.0480. The Morgan fingerprint density at radius 3 is 2.68 bits per heavy atom. The van der Waals surface area contributed by atoms with E-state index < -0.39 is 16.0 Å². The summed E-state index contributed by atoms with van der Waals surface area (Å²) >= 11 is 0. The summed E-state index contributed by atoms with van der Waals surface area (Å²) in [5, 5.41) is 0. The summed E-state index contributed by atoms with van der Waals surface area (Å²) in [6.07, 6.45) is 4.21. The fraction of sp³-hybridized carbons (Fsp3) is 0.533. The van der Waals surface area contributed by atoms with Gasteiger partial charge in [0.25, 0.3) is 0 Å². The van der Waals surface area contributed by atoms with Gasteiger partial charge in [0.05, 0.1) is 17.6 Å². The van der Waals surface area contributed by atoms with Gasteiger partial charge in [-0.3, -0.25) is 0 Å². The van der Waals surface area contributed by atoms with Gasteiger partial charge in [0.1, 0.15) is 0 Å². The van der Waals surface area contributed by atoms with E-state index in [0.29, 0.717) is 0 Å². The number of hydrogen-bond acceptors (Lipinski definition) is 5. The molecule has 6 nitrogen and oxygen atoms in total. The molecule has 0 aromatic heterocycles. The molecule has 0 bridgehead atoms. The first-order chi connectivity index (χ1) is 10.5. The monoisotopic (exact) mass is 326 g/mol. The van der Waals surface area contributed by atoms with Crippen LogP contribution in [0.1, 0.15) is 36.0 Å². The Balaban J connectivity index is 2.20. The van der Waals surface area contributed by atoms with E-state index in [1.807, 2.05) is 0 Å². The van der Waals surface area contributed by atoms with Crippen LogP contribution in [0, 0.1) is 5.92 Å². The highest BCUT2D eigenvalue weighted by molar-refractivity contribution is 7.89. The molecule has 1 aliphatic rings. The molecule has 122 valence electrons. The Labute approximate surface area is 131 Å². The van der Waals surface area contributed by atoms with Crippen LogP contribution in [0.5, 0.6) is 0 Å². The third kappa shape index (κ3) is 3.85. The maximum absolute atomic E-state index is 12.5. The van der Waals surface area contributed by atoms with Gasteiger partial charge in [-0.05, 0) is 37.0 Å². The summed E-state index contributed by atoms with van der Waals surface area (Å²) in [7, 11) is -2.45. The number of carbonyl (C=O) groups is 1. The lowest BCUT2D eigenvalue weighted by atomic mass is 9.99. The number of methoxy groups -OCH3 is 1. The maximum atomic E-state index is 12.5. The smallest absolute Gasteiger partial charge is 0.337 e. The van der Waals surface area contributed by atoms with Gasteiger partial charge >= 0.3 is 5.97 Å². The summed E-state index contributed by atoms with van der Waals surface area (Å²) < 4.78 is 32.3. The van der Waals surface area contributed by atoms with Gasteiger partial charge < -0.3 is 10.5 Å². The number of carbonyl (C=O) groups excluding carboxylic acids is 1. The van der Waals surface area contributed by atoms with E-state index in [-0.39, 0.29) is 29.0 Å². The first kappa shape index (κ1) is 16.9. The second kappa shape index (κ2) is 7.21. The fourth-order valence-electron chi connectivity index (χ4n) is 2.87. The van der Waals surface area contributed by atoms with E-state index >= 15 is 0 Å². The molecule has 0 radical (unpaired) electrons.